The van der Waals surface area contributed by atoms with Crippen molar-refractivity contribution in [2.24, 2.45) is 0 Å². The fourth-order valence-corrected chi connectivity index (χ4v) is 5.15. The van der Waals surface area contributed by atoms with Gasteiger partial charge in [0.25, 0.3) is 9.70 Å². The predicted octanol–water partition coefficient (Wildman–Crippen LogP) is 5.02. The average molecular weight is 547 g/mol. The molecule has 6 atom stereocenters. The number of amides is 1. The normalized spacial score (nSPS) is 29.3. The van der Waals surface area contributed by atoms with Crippen LogP contribution in [0.15, 0.2) is 60.7 Å². The predicted molar refractivity (Wildman–Crippen MR) is 134 cm³/mol. The molecule has 2 aromatic rings. The second kappa shape index (κ2) is 11.8. The molecule has 0 aromatic heterocycles. The summed E-state index contributed by atoms with van der Waals surface area (Å²) in [5.74, 6) is 0.00771. The number of carbonyl (C=O) groups excluding carboxylic acids is 1. The van der Waals surface area contributed by atoms with E-state index in [1.54, 1.807) is 0 Å². The zero-order valence-electron chi connectivity index (χ0n) is 18.4. The van der Waals surface area contributed by atoms with Crippen LogP contribution in [0.25, 0.3) is 0 Å². The first-order valence-corrected chi connectivity index (χ1v) is 13.2. The van der Waals surface area contributed by atoms with Gasteiger partial charge in [0, 0.05) is 5.56 Å². The molecule has 1 amide bonds. The fraction of sp³-hybridized carbons (Fsp3) is 0.458. The minimum Gasteiger partial charge on any atom is -0.368 e. The highest BCUT2D eigenvalue weighted by molar-refractivity contribution is 7.99. The largest absolute Gasteiger partial charge is 0.368 e. The lowest BCUT2D eigenvalue weighted by Crippen LogP contribution is -2.67. The van der Waals surface area contributed by atoms with Crippen LogP contribution in [0, 0.1) is 0 Å². The first-order chi connectivity index (χ1) is 16.4. The van der Waals surface area contributed by atoms with Gasteiger partial charge in [-0.15, -0.1) is 11.8 Å². The van der Waals surface area contributed by atoms with Crippen LogP contribution in [-0.2, 0) is 30.3 Å². The van der Waals surface area contributed by atoms with Crippen molar-refractivity contribution in [1.82, 2.24) is 5.32 Å². The van der Waals surface area contributed by atoms with Crippen LogP contribution < -0.4 is 5.32 Å². The number of benzene rings is 2. The number of fused-ring (bicyclic) bond motifs is 1. The third kappa shape index (κ3) is 6.39. The molecule has 0 radical (unpaired) electrons. The van der Waals surface area contributed by atoms with Crippen molar-refractivity contribution in [3.8, 4) is 0 Å². The summed E-state index contributed by atoms with van der Waals surface area (Å²) in [5.41, 5.74) is 1.43. The lowest BCUT2D eigenvalue weighted by molar-refractivity contribution is -0.312. The Morgan fingerprint density at radius 1 is 1.09 bits per heavy atom. The Morgan fingerprint density at radius 3 is 2.41 bits per heavy atom. The van der Waals surface area contributed by atoms with E-state index in [-0.39, 0.29) is 6.10 Å². The number of alkyl halides is 3. The van der Waals surface area contributed by atoms with Gasteiger partial charge >= 0.3 is 0 Å². The van der Waals surface area contributed by atoms with E-state index in [9.17, 15) is 4.79 Å². The van der Waals surface area contributed by atoms with Crippen molar-refractivity contribution in [1.29, 1.82) is 0 Å². The first kappa shape index (κ1) is 26.0. The van der Waals surface area contributed by atoms with E-state index in [1.165, 1.54) is 11.8 Å². The smallest absolute Gasteiger partial charge is 0.272 e. The topological polar surface area (TPSA) is 66.0 Å². The molecule has 0 spiro atoms. The quantitative estimate of drug-likeness (QED) is 0.492. The third-order valence-electron chi connectivity index (χ3n) is 5.58. The van der Waals surface area contributed by atoms with Crippen LogP contribution in [0.3, 0.4) is 0 Å². The van der Waals surface area contributed by atoms with Gasteiger partial charge in [0.05, 0.1) is 19.3 Å². The maximum Gasteiger partial charge on any atom is 0.272 e. The maximum absolute atomic E-state index is 12.7. The number of thioether (sulfide) groups is 1. The van der Waals surface area contributed by atoms with Gasteiger partial charge in [-0.3, -0.25) is 4.79 Å². The van der Waals surface area contributed by atoms with Crippen LogP contribution in [-0.4, -0.2) is 51.8 Å². The standard InChI is InChI=1S/C24H26Cl3NO5S/c1-2-34-22-18(28-23(29)24(25,26)27)20(30-13-15-9-5-3-6-10-15)19-17(32-22)14-31-21(33-19)16-11-7-4-8-12-16/h3-12,17-22H,2,13-14H2,1H3,(H,28,29)/t17-,18-,19-,20-,21?,22+/m1/s1. The van der Waals surface area contributed by atoms with E-state index in [4.69, 9.17) is 53.8 Å². The highest BCUT2D eigenvalue weighted by atomic mass is 35.6. The molecule has 184 valence electrons. The number of rotatable bonds is 7. The van der Waals surface area contributed by atoms with E-state index in [0.29, 0.717) is 13.2 Å². The second-order valence-electron chi connectivity index (χ2n) is 7.93. The van der Waals surface area contributed by atoms with E-state index >= 15 is 0 Å². The number of hydrogen-bond donors (Lipinski definition) is 1. The molecular formula is C24H26Cl3NO5S. The van der Waals surface area contributed by atoms with Gasteiger partial charge < -0.3 is 24.3 Å². The Kier molecular flexibility index (Phi) is 9.04. The molecule has 10 heteroatoms. The molecule has 1 unspecified atom stereocenters. The zero-order chi connectivity index (χ0) is 24.1. The van der Waals surface area contributed by atoms with Gasteiger partial charge in [0.2, 0.25) is 0 Å². The minimum atomic E-state index is -2.12. The fourth-order valence-electron chi connectivity index (χ4n) is 4.01. The number of hydrogen-bond acceptors (Lipinski definition) is 6. The molecule has 2 aliphatic rings. The summed E-state index contributed by atoms with van der Waals surface area (Å²) < 4.78 is 22.9. The maximum atomic E-state index is 12.7. The third-order valence-corrected chi connectivity index (χ3v) is 7.16. The summed E-state index contributed by atoms with van der Waals surface area (Å²) in [6.45, 7) is 2.65. The van der Waals surface area contributed by atoms with Gasteiger partial charge in [0.1, 0.15) is 23.7 Å². The summed E-state index contributed by atoms with van der Waals surface area (Å²) in [7, 11) is 0. The van der Waals surface area contributed by atoms with E-state index in [0.717, 1.165) is 16.9 Å². The van der Waals surface area contributed by atoms with E-state index in [2.05, 4.69) is 5.32 Å². The van der Waals surface area contributed by atoms with Gasteiger partial charge in [-0.25, -0.2) is 0 Å². The molecule has 0 saturated carbocycles. The Labute approximate surface area is 218 Å². The van der Waals surface area contributed by atoms with Gasteiger partial charge in [0.15, 0.2) is 6.29 Å². The molecule has 2 fully saturated rings. The van der Waals surface area contributed by atoms with Crippen LogP contribution in [0.4, 0.5) is 0 Å². The highest BCUT2D eigenvalue weighted by Gasteiger charge is 2.52. The van der Waals surface area contributed by atoms with Crippen molar-refractivity contribution in [2.75, 3.05) is 12.4 Å². The number of halogens is 3. The Bertz CT molecular complexity index is 933. The molecule has 1 N–H and O–H groups in total. The summed E-state index contributed by atoms with van der Waals surface area (Å²) in [5, 5.41) is 2.84. The summed E-state index contributed by atoms with van der Waals surface area (Å²) in [6, 6.07) is 18.8. The van der Waals surface area contributed by atoms with Crippen molar-refractivity contribution in [2.45, 2.75) is 53.4 Å². The number of nitrogens with one attached hydrogen (secondary N) is 1. The number of carbonyl (C=O) groups is 1. The van der Waals surface area contributed by atoms with Crippen LogP contribution in [0.2, 0.25) is 0 Å². The summed E-state index contributed by atoms with van der Waals surface area (Å²) in [4.78, 5) is 12.7. The second-order valence-corrected chi connectivity index (χ2v) is 11.6. The van der Waals surface area contributed by atoms with E-state index in [1.807, 2.05) is 67.6 Å². The van der Waals surface area contributed by atoms with Gasteiger partial charge in [-0.05, 0) is 11.3 Å². The molecule has 6 nitrogen and oxygen atoms in total. The minimum absolute atomic E-state index is 0.318. The molecule has 2 aliphatic heterocycles. The van der Waals surface area contributed by atoms with Crippen molar-refractivity contribution >= 4 is 52.5 Å². The lowest BCUT2D eigenvalue weighted by Gasteiger charge is -2.49. The number of ether oxygens (including phenoxy) is 4. The van der Waals surface area contributed by atoms with Gasteiger partial charge in [-0.1, -0.05) is 102 Å². The molecule has 0 aliphatic carbocycles. The van der Waals surface area contributed by atoms with Crippen molar-refractivity contribution in [3.05, 3.63) is 71.8 Å². The monoisotopic (exact) mass is 545 g/mol. The average Bonchev–Trinajstić information content (AvgIpc) is 2.84. The molecule has 34 heavy (non-hydrogen) atoms. The summed E-state index contributed by atoms with van der Waals surface area (Å²) >= 11 is 19.1. The van der Waals surface area contributed by atoms with Gasteiger partial charge in [-0.2, -0.15) is 0 Å². The molecule has 2 heterocycles. The zero-order valence-corrected chi connectivity index (χ0v) is 21.5. The Hall–Kier alpha value is -1.03. The summed E-state index contributed by atoms with van der Waals surface area (Å²) in [6.07, 6.45) is -2.06. The molecule has 2 aromatic carbocycles. The Balaban J connectivity index is 1.62. The SMILES string of the molecule is CCS[C@@H]1O[C@@H]2COC(c3ccccc3)O[C@H]2[C@H](OCc2ccccc2)[C@H]1NC(=O)C(Cl)(Cl)Cl. The molecular weight excluding hydrogens is 521 g/mol. The molecule has 2 saturated heterocycles. The van der Waals surface area contributed by atoms with Crippen molar-refractivity contribution < 1.29 is 23.7 Å². The van der Waals surface area contributed by atoms with Crippen LogP contribution >= 0.6 is 46.6 Å². The van der Waals surface area contributed by atoms with Crippen LogP contribution in [0.5, 0.6) is 0 Å². The molecule has 0 bridgehead atoms. The van der Waals surface area contributed by atoms with Crippen molar-refractivity contribution in [3.63, 3.8) is 0 Å². The highest BCUT2D eigenvalue weighted by Crippen LogP contribution is 2.39. The molecule has 4 rings (SSSR count). The Morgan fingerprint density at radius 2 is 1.76 bits per heavy atom. The van der Waals surface area contributed by atoms with E-state index < -0.39 is 39.7 Å². The first-order valence-electron chi connectivity index (χ1n) is 11.0. The lowest BCUT2D eigenvalue weighted by atomic mass is 9.96. The van der Waals surface area contributed by atoms with Crippen LogP contribution in [0.1, 0.15) is 24.3 Å².